The largest absolute Gasteiger partial charge is 0.439 e. The molecule has 2 heterocycles. The van der Waals surface area contributed by atoms with Crippen LogP contribution in [-0.2, 0) is 0 Å². The van der Waals surface area contributed by atoms with E-state index < -0.39 is 17.4 Å². The van der Waals surface area contributed by atoms with Gasteiger partial charge in [0, 0.05) is 10.0 Å². The van der Waals surface area contributed by atoms with Crippen molar-refractivity contribution in [1.82, 2.24) is 0 Å². The fourth-order valence-electron chi connectivity index (χ4n) is 3.11. The third-order valence-electron chi connectivity index (χ3n) is 4.24. The van der Waals surface area contributed by atoms with E-state index >= 15 is 0 Å². The average molecular weight is 413 g/mol. The third-order valence-corrected chi connectivity index (χ3v) is 4.74. The summed E-state index contributed by atoms with van der Waals surface area (Å²) in [7, 11) is 0. The Labute approximate surface area is 155 Å². The van der Waals surface area contributed by atoms with Crippen LogP contribution in [0.3, 0.4) is 0 Å². The van der Waals surface area contributed by atoms with Crippen molar-refractivity contribution in [3.63, 3.8) is 0 Å². The summed E-state index contributed by atoms with van der Waals surface area (Å²) in [5, 5.41) is 10.1. The number of allylic oxidation sites excluding steroid dienone is 1. The standard InChI is InChI=1S/C19H10BrFN2O3/c20-9-5-6-13(21)11(7-9)15-12(8-22)18(23)26-17-10-3-1-2-4-14(10)25-19(24)16(15)17/h1-7,15H,23H2. The number of hydrogen-bond acceptors (Lipinski definition) is 5. The van der Waals surface area contributed by atoms with E-state index in [1.54, 1.807) is 24.3 Å². The highest BCUT2D eigenvalue weighted by molar-refractivity contribution is 9.10. The molecule has 4 rings (SSSR count). The normalized spacial score (nSPS) is 16.1. The maximum atomic E-state index is 14.6. The lowest BCUT2D eigenvalue weighted by Gasteiger charge is -2.26. The zero-order chi connectivity index (χ0) is 18.4. The molecule has 0 saturated heterocycles. The highest BCUT2D eigenvalue weighted by Crippen LogP contribution is 2.44. The van der Waals surface area contributed by atoms with Crippen LogP contribution in [0.4, 0.5) is 4.39 Å². The molecule has 2 N–H and O–H groups in total. The van der Waals surface area contributed by atoms with Crippen molar-refractivity contribution in [2.45, 2.75) is 5.92 Å². The topological polar surface area (TPSA) is 89.3 Å². The van der Waals surface area contributed by atoms with Gasteiger partial charge in [-0.15, -0.1) is 0 Å². The lowest BCUT2D eigenvalue weighted by molar-refractivity contribution is 0.387. The van der Waals surface area contributed by atoms with Crippen LogP contribution in [0.2, 0.25) is 0 Å². The van der Waals surface area contributed by atoms with Gasteiger partial charge in [-0.05, 0) is 30.3 Å². The van der Waals surface area contributed by atoms with Crippen LogP contribution in [0.1, 0.15) is 17.0 Å². The zero-order valence-electron chi connectivity index (χ0n) is 13.1. The van der Waals surface area contributed by atoms with Gasteiger partial charge in [0.15, 0.2) is 5.75 Å². The summed E-state index contributed by atoms with van der Waals surface area (Å²) in [5.41, 5.74) is 5.68. The van der Waals surface area contributed by atoms with E-state index in [9.17, 15) is 14.4 Å². The second kappa shape index (κ2) is 6.00. The molecule has 26 heavy (non-hydrogen) atoms. The number of rotatable bonds is 1. The monoisotopic (exact) mass is 412 g/mol. The molecule has 1 aromatic heterocycles. The predicted octanol–water partition coefficient (Wildman–Crippen LogP) is 3.91. The van der Waals surface area contributed by atoms with E-state index in [1.165, 1.54) is 18.2 Å². The number of ether oxygens (including phenoxy) is 1. The van der Waals surface area contributed by atoms with Gasteiger partial charge in [-0.3, -0.25) is 0 Å². The van der Waals surface area contributed by atoms with Crippen molar-refractivity contribution in [3.05, 3.63) is 85.8 Å². The number of benzene rings is 2. The number of nitriles is 1. The highest BCUT2D eigenvalue weighted by Gasteiger charge is 2.36. The number of para-hydroxylation sites is 1. The van der Waals surface area contributed by atoms with Crippen LogP contribution >= 0.6 is 15.9 Å². The number of halogens is 2. The van der Waals surface area contributed by atoms with Gasteiger partial charge in [-0.2, -0.15) is 5.26 Å². The molecule has 128 valence electrons. The quantitative estimate of drug-likeness (QED) is 0.611. The SMILES string of the molecule is N#CC1=C(N)Oc2c(c(=O)oc3ccccc23)C1c1cc(Br)ccc1F. The van der Waals surface area contributed by atoms with Crippen LogP contribution < -0.4 is 16.1 Å². The first-order valence-corrected chi connectivity index (χ1v) is 8.39. The van der Waals surface area contributed by atoms with Crippen molar-refractivity contribution in [3.8, 4) is 11.8 Å². The Kier molecular flexibility index (Phi) is 3.78. The minimum Gasteiger partial charge on any atom is -0.439 e. The van der Waals surface area contributed by atoms with Crippen LogP contribution in [0.25, 0.3) is 11.0 Å². The van der Waals surface area contributed by atoms with Gasteiger partial charge in [0.1, 0.15) is 23.0 Å². The first-order chi connectivity index (χ1) is 12.5. The molecule has 2 aromatic carbocycles. The summed E-state index contributed by atoms with van der Waals surface area (Å²) in [4.78, 5) is 12.7. The highest BCUT2D eigenvalue weighted by atomic mass is 79.9. The molecule has 5 nitrogen and oxygen atoms in total. The summed E-state index contributed by atoms with van der Waals surface area (Å²) >= 11 is 3.29. The van der Waals surface area contributed by atoms with E-state index in [1.807, 2.05) is 6.07 Å². The molecule has 7 heteroatoms. The van der Waals surface area contributed by atoms with E-state index in [-0.39, 0.29) is 28.3 Å². The fraction of sp³-hybridized carbons (Fsp3) is 0.0526. The lowest BCUT2D eigenvalue weighted by atomic mass is 9.83. The molecule has 1 atom stereocenters. The summed E-state index contributed by atoms with van der Waals surface area (Å²) in [6.45, 7) is 0. The summed E-state index contributed by atoms with van der Waals surface area (Å²) in [6, 6.07) is 13.0. The number of nitrogens with two attached hydrogens (primary N) is 1. The third kappa shape index (κ3) is 2.38. The lowest BCUT2D eigenvalue weighted by Crippen LogP contribution is -2.26. The van der Waals surface area contributed by atoms with Crippen molar-refractivity contribution in [1.29, 1.82) is 5.26 Å². The fourth-order valence-corrected chi connectivity index (χ4v) is 3.49. The Morgan fingerprint density at radius 1 is 1.23 bits per heavy atom. The number of nitrogens with zero attached hydrogens (tertiary/aromatic N) is 1. The first-order valence-electron chi connectivity index (χ1n) is 7.59. The molecular formula is C19H10BrFN2O3. The molecule has 0 radical (unpaired) electrons. The Hall–Kier alpha value is -3.11. The molecule has 0 spiro atoms. The van der Waals surface area contributed by atoms with Gasteiger partial charge < -0.3 is 14.9 Å². The van der Waals surface area contributed by atoms with Crippen LogP contribution in [0, 0.1) is 17.1 Å². The molecule has 0 fully saturated rings. The van der Waals surface area contributed by atoms with Gasteiger partial charge in [0.2, 0.25) is 5.88 Å². The number of hydrogen-bond donors (Lipinski definition) is 1. The summed E-state index contributed by atoms with van der Waals surface area (Å²) in [5.74, 6) is -1.58. The van der Waals surface area contributed by atoms with Crippen LogP contribution in [0.5, 0.6) is 5.75 Å². The minimum absolute atomic E-state index is 0.0444. The molecule has 3 aromatic rings. The Morgan fingerprint density at radius 3 is 2.77 bits per heavy atom. The van der Waals surface area contributed by atoms with Gasteiger partial charge in [0.05, 0.1) is 16.9 Å². The molecule has 0 bridgehead atoms. The van der Waals surface area contributed by atoms with Crippen molar-refractivity contribution >= 4 is 26.9 Å². The molecule has 0 amide bonds. The summed E-state index contributed by atoms with van der Waals surface area (Å²) < 4.78 is 26.1. The second-order valence-corrected chi connectivity index (χ2v) is 6.63. The van der Waals surface area contributed by atoms with Gasteiger partial charge in [-0.1, -0.05) is 28.1 Å². The van der Waals surface area contributed by atoms with E-state index in [0.29, 0.717) is 15.4 Å². The molecule has 1 aliphatic rings. The molecule has 0 aliphatic carbocycles. The van der Waals surface area contributed by atoms with Crippen LogP contribution in [0.15, 0.2) is 67.6 Å². The maximum Gasteiger partial charge on any atom is 0.344 e. The Bertz CT molecular complexity index is 1190. The molecule has 1 unspecified atom stereocenters. The zero-order valence-corrected chi connectivity index (χ0v) is 14.7. The molecular weight excluding hydrogens is 403 g/mol. The van der Waals surface area contributed by atoms with Gasteiger partial charge in [-0.25, -0.2) is 9.18 Å². The van der Waals surface area contributed by atoms with Gasteiger partial charge >= 0.3 is 5.63 Å². The second-order valence-electron chi connectivity index (χ2n) is 5.72. The van der Waals surface area contributed by atoms with Crippen molar-refractivity contribution < 1.29 is 13.5 Å². The maximum absolute atomic E-state index is 14.6. The molecule has 1 aliphatic heterocycles. The van der Waals surface area contributed by atoms with Crippen molar-refractivity contribution in [2.24, 2.45) is 5.73 Å². The van der Waals surface area contributed by atoms with Crippen LogP contribution in [-0.4, -0.2) is 0 Å². The Morgan fingerprint density at radius 2 is 2.00 bits per heavy atom. The smallest absolute Gasteiger partial charge is 0.344 e. The Balaban J connectivity index is 2.12. The van der Waals surface area contributed by atoms with E-state index in [0.717, 1.165) is 0 Å². The predicted molar refractivity (Wildman–Crippen MR) is 95.9 cm³/mol. The van der Waals surface area contributed by atoms with E-state index in [2.05, 4.69) is 15.9 Å². The van der Waals surface area contributed by atoms with E-state index in [4.69, 9.17) is 14.9 Å². The molecule has 0 saturated carbocycles. The van der Waals surface area contributed by atoms with Gasteiger partial charge in [0.25, 0.3) is 0 Å². The minimum atomic E-state index is -1.03. The first kappa shape index (κ1) is 16.4. The van der Waals surface area contributed by atoms with Crippen molar-refractivity contribution in [2.75, 3.05) is 0 Å². The summed E-state index contributed by atoms with van der Waals surface area (Å²) in [6.07, 6.45) is 0. The average Bonchev–Trinajstić information content (AvgIpc) is 2.63. The number of fused-ring (bicyclic) bond motifs is 3.